The maximum absolute atomic E-state index is 13.1. The van der Waals surface area contributed by atoms with Gasteiger partial charge in [-0.15, -0.1) is 11.3 Å². The van der Waals surface area contributed by atoms with Crippen LogP contribution in [0.25, 0.3) is 11.1 Å². The normalized spacial score (nSPS) is 10.6. The number of carbonyl (C=O) groups is 2. The highest BCUT2D eigenvalue weighted by molar-refractivity contribution is 7.14. The second-order valence-electron chi connectivity index (χ2n) is 5.20. The smallest absolute Gasteiger partial charge is 0.323 e. The molecule has 1 amide bonds. The molecular weight excluding hydrogens is 333 g/mol. The average Bonchev–Trinajstić information content (AvgIpc) is 2.93. The molecule has 0 spiro atoms. The molecule has 1 aromatic heterocycles. The number of carbonyl (C=O) groups excluding carboxylic acids is 1. The summed E-state index contributed by atoms with van der Waals surface area (Å²) in [5, 5.41) is 8.98. The summed E-state index contributed by atoms with van der Waals surface area (Å²) in [5.74, 6) is -1.75. The summed E-state index contributed by atoms with van der Waals surface area (Å²) in [4.78, 5) is 26.2. The molecule has 0 unspecified atom stereocenters. The van der Waals surface area contributed by atoms with Gasteiger partial charge in [-0.2, -0.15) is 0 Å². The van der Waals surface area contributed by atoms with Crippen LogP contribution in [0.4, 0.5) is 4.39 Å². The summed E-state index contributed by atoms with van der Waals surface area (Å²) in [5.41, 5.74) is 1.65. The molecule has 0 saturated heterocycles. The third-order valence-electron chi connectivity index (χ3n) is 3.46. The molecule has 1 heterocycles. The average molecular weight is 351 g/mol. The van der Waals surface area contributed by atoms with Crippen molar-refractivity contribution in [3.05, 3.63) is 45.9 Å². The Balaban J connectivity index is 2.27. The quantitative estimate of drug-likeness (QED) is 0.833. The van der Waals surface area contributed by atoms with E-state index in [0.29, 0.717) is 4.88 Å². The van der Waals surface area contributed by atoms with E-state index in [1.165, 1.54) is 35.5 Å². The maximum atomic E-state index is 13.1. The van der Waals surface area contributed by atoms with Crippen molar-refractivity contribution in [3.63, 3.8) is 0 Å². The SMILES string of the molecule is COCCN(CC(=O)O)C(=O)c1cc(-c2ccc(F)cc2)c(C)s1. The highest BCUT2D eigenvalue weighted by Crippen LogP contribution is 2.31. The van der Waals surface area contributed by atoms with Crippen molar-refractivity contribution in [2.75, 3.05) is 26.8 Å². The van der Waals surface area contributed by atoms with Crippen molar-refractivity contribution in [1.29, 1.82) is 0 Å². The number of nitrogens with zero attached hydrogens (tertiary/aromatic N) is 1. The van der Waals surface area contributed by atoms with Crippen molar-refractivity contribution in [2.45, 2.75) is 6.92 Å². The molecule has 0 saturated carbocycles. The van der Waals surface area contributed by atoms with Crippen LogP contribution in [0.3, 0.4) is 0 Å². The minimum Gasteiger partial charge on any atom is -0.480 e. The molecule has 24 heavy (non-hydrogen) atoms. The lowest BCUT2D eigenvalue weighted by atomic mass is 10.1. The summed E-state index contributed by atoms with van der Waals surface area (Å²) in [6, 6.07) is 7.75. The second kappa shape index (κ2) is 8.03. The number of benzene rings is 1. The Morgan fingerprint density at radius 2 is 1.96 bits per heavy atom. The van der Waals surface area contributed by atoms with Gasteiger partial charge < -0.3 is 14.7 Å². The van der Waals surface area contributed by atoms with E-state index in [4.69, 9.17) is 9.84 Å². The number of aliphatic carboxylic acids is 1. The zero-order valence-electron chi connectivity index (χ0n) is 13.4. The van der Waals surface area contributed by atoms with Gasteiger partial charge in [0.2, 0.25) is 0 Å². The van der Waals surface area contributed by atoms with Crippen molar-refractivity contribution in [2.24, 2.45) is 0 Å². The Labute approximate surface area is 143 Å². The molecule has 1 aromatic carbocycles. The fourth-order valence-electron chi connectivity index (χ4n) is 2.28. The number of hydrogen-bond acceptors (Lipinski definition) is 4. The molecule has 5 nitrogen and oxygen atoms in total. The summed E-state index contributed by atoms with van der Waals surface area (Å²) in [7, 11) is 1.49. The fraction of sp³-hybridized carbons (Fsp3) is 0.294. The molecular formula is C17H18FNO4S. The van der Waals surface area contributed by atoms with Gasteiger partial charge >= 0.3 is 5.97 Å². The van der Waals surface area contributed by atoms with Gasteiger partial charge in [-0.05, 0) is 36.2 Å². The van der Waals surface area contributed by atoms with E-state index < -0.39 is 5.97 Å². The summed E-state index contributed by atoms with van der Waals surface area (Å²) >= 11 is 1.29. The second-order valence-corrected chi connectivity index (χ2v) is 6.46. The van der Waals surface area contributed by atoms with Crippen LogP contribution in [-0.2, 0) is 9.53 Å². The first-order valence-electron chi connectivity index (χ1n) is 7.28. The molecule has 0 atom stereocenters. The number of halogens is 1. The predicted molar refractivity (Wildman–Crippen MR) is 89.9 cm³/mol. The van der Waals surface area contributed by atoms with Crippen LogP contribution < -0.4 is 0 Å². The lowest BCUT2D eigenvalue weighted by Gasteiger charge is -2.19. The van der Waals surface area contributed by atoms with E-state index in [0.717, 1.165) is 16.0 Å². The zero-order valence-corrected chi connectivity index (χ0v) is 14.2. The van der Waals surface area contributed by atoms with Crippen LogP contribution in [0.1, 0.15) is 14.5 Å². The number of ether oxygens (including phenoxy) is 1. The summed E-state index contributed by atoms with van der Waals surface area (Å²) in [6.45, 7) is 1.94. The van der Waals surface area contributed by atoms with E-state index in [1.54, 1.807) is 18.2 Å². The standard InChI is InChI=1S/C17H18FNO4S/c1-11-14(12-3-5-13(18)6-4-12)9-15(24-11)17(22)19(7-8-23-2)10-16(20)21/h3-6,9H,7-8,10H2,1-2H3,(H,20,21). The third kappa shape index (κ3) is 4.39. The van der Waals surface area contributed by atoms with Gasteiger partial charge in [-0.3, -0.25) is 9.59 Å². The molecule has 0 bridgehead atoms. The predicted octanol–water partition coefficient (Wildman–Crippen LogP) is 3.04. The minimum atomic E-state index is -1.08. The number of thiophene rings is 1. The van der Waals surface area contributed by atoms with E-state index >= 15 is 0 Å². The minimum absolute atomic E-state index is 0.199. The lowest BCUT2D eigenvalue weighted by molar-refractivity contribution is -0.137. The Morgan fingerprint density at radius 1 is 1.29 bits per heavy atom. The fourth-order valence-corrected chi connectivity index (χ4v) is 3.29. The van der Waals surface area contributed by atoms with Crippen molar-refractivity contribution < 1.29 is 23.8 Å². The van der Waals surface area contributed by atoms with Gasteiger partial charge in [0.15, 0.2) is 0 Å². The number of carboxylic acid groups (broad SMARTS) is 1. The molecule has 0 radical (unpaired) electrons. The topological polar surface area (TPSA) is 66.8 Å². The van der Waals surface area contributed by atoms with E-state index in [9.17, 15) is 14.0 Å². The monoisotopic (exact) mass is 351 g/mol. The first-order valence-corrected chi connectivity index (χ1v) is 8.10. The van der Waals surface area contributed by atoms with E-state index in [-0.39, 0.29) is 31.4 Å². The molecule has 1 N–H and O–H groups in total. The molecule has 0 aliphatic rings. The molecule has 0 fully saturated rings. The zero-order chi connectivity index (χ0) is 17.7. The first kappa shape index (κ1) is 18.1. The first-order chi connectivity index (χ1) is 11.4. The van der Waals surface area contributed by atoms with Gasteiger partial charge in [0.25, 0.3) is 5.91 Å². The van der Waals surface area contributed by atoms with Crippen molar-refractivity contribution in [3.8, 4) is 11.1 Å². The highest BCUT2D eigenvalue weighted by Gasteiger charge is 2.21. The number of rotatable bonds is 7. The Hall–Kier alpha value is -2.25. The van der Waals surface area contributed by atoms with E-state index in [2.05, 4.69) is 0 Å². The van der Waals surface area contributed by atoms with Crippen LogP contribution in [0.2, 0.25) is 0 Å². The third-order valence-corrected chi connectivity index (χ3v) is 4.50. The molecule has 0 aliphatic carbocycles. The van der Waals surface area contributed by atoms with Crippen LogP contribution in [0.15, 0.2) is 30.3 Å². The van der Waals surface area contributed by atoms with Crippen molar-refractivity contribution >= 4 is 23.2 Å². The van der Waals surface area contributed by atoms with Crippen LogP contribution in [-0.4, -0.2) is 48.7 Å². The number of amides is 1. The number of methoxy groups -OCH3 is 1. The molecule has 128 valence electrons. The van der Waals surface area contributed by atoms with Crippen LogP contribution in [0, 0.1) is 12.7 Å². The summed E-state index contributed by atoms with van der Waals surface area (Å²) in [6.07, 6.45) is 0. The van der Waals surface area contributed by atoms with Gasteiger partial charge in [0.1, 0.15) is 12.4 Å². The Kier molecular flexibility index (Phi) is 6.05. The molecule has 0 aliphatic heterocycles. The highest BCUT2D eigenvalue weighted by atomic mass is 32.1. The molecule has 2 aromatic rings. The van der Waals surface area contributed by atoms with Gasteiger partial charge in [-0.1, -0.05) is 12.1 Å². The molecule has 7 heteroatoms. The van der Waals surface area contributed by atoms with Crippen molar-refractivity contribution in [1.82, 2.24) is 4.90 Å². The van der Waals surface area contributed by atoms with Gasteiger partial charge in [-0.25, -0.2) is 4.39 Å². The van der Waals surface area contributed by atoms with Gasteiger partial charge in [0.05, 0.1) is 11.5 Å². The largest absolute Gasteiger partial charge is 0.480 e. The maximum Gasteiger partial charge on any atom is 0.323 e. The lowest BCUT2D eigenvalue weighted by Crippen LogP contribution is -2.37. The summed E-state index contributed by atoms with van der Waals surface area (Å²) < 4.78 is 18.0. The number of carboxylic acids is 1. The number of hydrogen-bond donors (Lipinski definition) is 1. The van der Waals surface area contributed by atoms with Gasteiger partial charge in [0, 0.05) is 18.5 Å². The number of aryl methyl sites for hydroxylation is 1. The Bertz CT molecular complexity index is 727. The molecule has 2 rings (SSSR count). The van der Waals surface area contributed by atoms with Crippen LogP contribution in [0.5, 0.6) is 0 Å². The van der Waals surface area contributed by atoms with Crippen LogP contribution >= 0.6 is 11.3 Å². The van der Waals surface area contributed by atoms with E-state index in [1.807, 2.05) is 6.92 Å². The Morgan fingerprint density at radius 3 is 2.54 bits per heavy atom.